The molecule has 0 saturated carbocycles. The Balaban J connectivity index is 1.02. The molecule has 0 aliphatic rings. The highest BCUT2D eigenvalue weighted by Gasteiger charge is 2.22. The summed E-state index contributed by atoms with van der Waals surface area (Å²) in [5, 5.41) is 43.2. The van der Waals surface area contributed by atoms with Crippen LogP contribution >= 0.6 is 0 Å². The van der Waals surface area contributed by atoms with E-state index in [9.17, 15) is 0 Å². The number of hydrogen-bond acceptors (Lipinski definition) is 12. The van der Waals surface area contributed by atoms with Gasteiger partial charge in [0.2, 0.25) is 0 Å². The fourth-order valence-electron chi connectivity index (χ4n) is 20.1. The van der Waals surface area contributed by atoms with E-state index < -0.39 is 0 Å². The summed E-state index contributed by atoms with van der Waals surface area (Å²) in [6.07, 6.45) is 0. The molecule has 0 aromatic heterocycles. The molecule has 12 nitrogen and oxygen atoms in total. The average molecular weight is 1730 g/mol. The van der Waals surface area contributed by atoms with E-state index in [2.05, 4.69) is 328 Å². The van der Waals surface area contributed by atoms with Crippen molar-refractivity contribution in [3.8, 4) is 34.5 Å². The van der Waals surface area contributed by atoms with Crippen LogP contribution in [-0.2, 0) is 28.4 Å². The maximum Gasteiger partial charge on any atom is 0.120 e. The Hall–Kier alpha value is -14.7. The van der Waals surface area contributed by atoms with Crippen LogP contribution < -0.4 is 28.4 Å². The molecule has 25 rings (SSSR count). The third-order valence-corrected chi connectivity index (χ3v) is 26.1. The molecule has 0 amide bonds. The minimum atomic E-state index is 0.301. The molecule has 0 heterocycles. The van der Waals surface area contributed by atoms with Crippen molar-refractivity contribution in [2.24, 2.45) is 0 Å². The molecule has 0 radical (unpaired) electrons. The first-order valence-corrected chi connectivity index (χ1v) is 45.2. The maximum absolute atomic E-state index is 7.03. The van der Waals surface area contributed by atoms with Crippen LogP contribution in [0.5, 0.6) is 34.5 Å². The maximum atomic E-state index is 7.03. The molecule has 0 fully saturated rings. The van der Waals surface area contributed by atoms with Crippen LogP contribution in [0.1, 0.15) is 0 Å². The van der Waals surface area contributed by atoms with Gasteiger partial charge in [0.05, 0.1) is 39.6 Å². The zero-order valence-electron chi connectivity index (χ0n) is 74.6. The molecule has 25 aromatic rings. The van der Waals surface area contributed by atoms with Crippen molar-refractivity contribution in [1.82, 2.24) is 0 Å². The van der Waals surface area contributed by atoms with E-state index in [0.717, 1.165) is 226 Å². The lowest BCUT2D eigenvalue weighted by Gasteiger charge is -2.17. The number of ether oxygens (including phenoxy) is 12. The van der Waals surface area contributed by atoms with Gasteiger partial charge in [0.15, 0.2) is 0 Å². The van der Waals surface area contributed by atoms with Gasteiger partial charge in [-0.25, -0.2) is 0 Å². The van der Waals surface area contributed by atoms with Gasteiger partial charge in [0.1, 0.15) is 74.1 Å². The fourth-order valence-corrected chi connectivity index (χ4v) is 20.1. The van der Waals surface area contributed by atoms with E-state index in [1.165, 1.54) is 0 Å². The summed E-state index contributed by atoms with van der Waals surface area (Å²) < 4.78 is 76.9. The minimum Gasteiger partial charge on any atom is -0.491 e. The standard InChI is InChI=1S/C120H96O12/c1-121-31-37-127-97-49-85-43-91(55-97)115-103-61-73-19-7-9-21-75(73)63-105(103)117(106-64-76-22-10-8-20-74(76)62-104(106)115)93-45-87(51-99(57-93)129-39-33-123-3)88-46-95(59-100(52-88)130-40-34-124-4)119-111-69-81-27-15-17-29-83(81)71-113(111)120(114-72-84-30-18-16-28-82(84)70-112(114)119)96-48-90(54-102(60-96)132-42-36-126-6)89-47-94(58-101(53-89)131-41-35-125-5)118-109-67-79-25-13-11-23-77(79)65-107(109)116(92-44-86(85)50-98(56-92)128-38-32-122-2)108-66-78-24-12-14-26-80(78)68-110(108)118/h7-30,43-72H,31-42H2,1-6H3. The molecule has 0 aliphatic heterocycles. The third-order valence-electron chi connectivity index (χ3n) is 26.1. The largest absolute Gasteiger partial charge is 0.491 e. The number of hydrogen-bond donors (Lipinski definition) is 0. The summed E-state index contributed by atoms with van der Waals surface area (Å²) in [6.45, 7) is 4.02. The zero-order valence-corrected chi connectivity index (χ0v) is 74.6. The van der Waals surface area contributed by atoms with Gasteiger partial charge in [0, 0.05) is 42.7 Å². The van der Waals surface area contributed by atoms with Crippen LogP contribution in [0.3, 0.4) is 0 Å². The van der Waals surface area contributed by atoms with E-state index in [4.69, 9.17) is 56.8 Å². The second-order valence-electron chi connectivity index (χ2n) is 34.2. The van der Waals surface area contributed by atoms with Crippen molar-refractivity contribution in [3.63, 3.8) is 0 Å². The van der Waals surface area contributed by atoms with Gasteiger partial charge in [-0.1, -0.05) is 146 Å². The van der Waals surface area contributed by atoms with Gasteiger partial charge in [-0.2, -0.15) is 0 Å². The minimum absolute atomic E-state index is 0.301. The summed E-state index contributed by atoms with van der Waals surface area (Å²) in [4.78, 5) is 0. The molecule has 0 aliphatic carbocycles. The monoisotopic (exact) mass is 1730 g/mol. The van der Waals surface area contributed by atoms with E-state index in [1.54, 1.807) is 42.7 Å². The first-order chi connectivity index (χ1) is 65.1. The SMILES string of the molecule is COCCOc1cc2cc(c1)c1c3cc4ccccc4cc3c(c3cc(OCCOC)cc(c3)c3cc(OCCOC)cc(c3)c3c4cc5ccccc5cc4c(c4cc(OCCOC)cc(c4)c4cc(OCCOC)cc(c4)c4c5cc6ccccc6cc5c(c5cc(OCCOC)cc2c5)c2cc5ccccc5cc24)c2cc4ccccc4cc23)c2cc3ccccc3cc21. The first kappa shape index (κ1) is 82.9. The van der Waals surface area contributed by atoms with Crippen LogP contribution in [0.15, 0.2) is 328 Å². The summed E-state index contributed by atoms with van der Waals surface area (Å²) in [7, 11) is 10.3. The molecule has 18 bridgehead atoms. The van der Waals surface area contributed by atoms with E-state index in [1.807, 2.05) is 0 Å². The highest BCUT2D eigenvalue weighted by molar-refractivity contribution is 6.39. The Morgan fingerprint density at radius 3 is 0.348 bits per heavy atom. The lowest BCUT2D eigenvalue weighted by atomic mass is 9.88. The second-order valence-corrected chi connectivity index (χ2v) is 34.2. The smallest absolute Gasteiger partial charge is 0.120 e. The predicted octanol–water partition coefficient (Wildman–Crippen LogP) is 29.4. The highest BCUT2D eigenvalue weighted by atomic mass is 16.5. The van der Waals surface area contributed by atoms with E-state index in [0.29, 0.717) is 114 Å². The summed E-state index contributed by atoms with van der Waals surface area (Å²) in [5.41, 5.74) is 0. The Kier molecular flexibility index (Phi) is 22.6. The fraction of sp³-hybridized carbons (Fsp3) is 0.150. The number of fused-ring (bicyclic) bond motifs is 6. The Morgan fingerprint density at radius 1 is 0.121 bits per heavy atom. The van der Waals surface area contributed by atoms with Crippen molar-refractivity contribution >= 4 is 226 Å². The van der Waals surface area contributed by atoms with Crippen LogP contribution in [0.4, 0.5) is 0 Å². The Morgan fingerprint density at radius 2 is 0.235 bits per heavy atom. The lowest BCUT2D eigenvalue weighted by molar-refractivity contribution is 0.146. The van der Waals surface area contributed by atoms with E-state index >= 15 is 0 Å². The normalized spacial score (nSPS) is 12.0. The Labute approximate surface area is 762 Å². The number of rotatable bonds is 24. The van der Waals surface area contributed by atoms with Crippen molar-refractivity contribution in [3.05, 3.63) is 328 Å². The summed E-state index contributed by atoms with van der Waals surface area (Å²) in [6, 6.07) is 122. The zero-order chi connectivity index (χ0) is 88.9. The second kappa shape index (κ2) is 36.0. The van der Waals surface area contributed by atoms with Gasteiger partial charge in [-0.15, -0.1) is 0 Å². The summed E-state index contributed by atoms with van der Waals surface area (Å²) in [5.74, 6) is 4.05. The van der Waals surface area contributed by atoms with Crippen molar-refractivity contribution < 1.29 is 56.8 Å². The predicted molar refractivity (Wildman–Crippen MR) is 551 cm³/mol. The van der Waals surface area contributed by atoms with Crippen LogP contribution in [0.25, 0.3) is 226 Å². The van der Waals surface area contributed by atoms with Crippen molar-refractivity contribution in [1.29, 1.82) is 0 Å². The third kappa shape index (κ3) is 15.7. The molecule has 0 unspecified atom stereocenters. The molecule has 0 atom stereocenters. The Bertz CT molecular complexity index is 7130. The molecule has 0 N–H and O–H groups in total. The van der Waals surface area contributed by atoms with Gasteiger partial charge < -0.3 is 56.8 Å². The molecule has 648 valence electrons. The molecule has 0 spiro atoms. The topological polar surface area (TPSA) is 111 Å². The number of benzene rings is 21. The van der Waals surface area contributed by atoms with Gasteiger partial charge in [0.25, 0.3) is 0 Å². The van der Waals surface area contributed by atoms with Gasteiger partial charge >= 0.3 is 0 Å². The van der Waals surface area contributed by atoms with Crippen LogP contribution in [-0.4, -0.2) is 122 Å². The van der Waals surface area contributed by atoms with E-state index in [-0.39, 0.29) is 0 Å². The molecule has 0 saturated heterocycles. The molecular formula is C120H96O12. The van der Waals surface area contributed by atoms with Crippen LogP contribution in [0.2, 0.25) is 0 Å². The molecule has 25 aromatic carbocycles. The average Bonchev–Trinajstić information content (AvgIpc) is 0.731. The first-order valence-electron chi connectivity index (χ1n) is 45.2. The van der Waals surface area contributed by atoms with Gasteiger partial charge in [-0.05, 0) is 408 Å². The van der Waals surface area contributed by atoms with Crippen molar-refractivity contribution in [2.75, 3.05) is 122 Å². The molecular weight excluding hydrogens is 1630 g/mol. The lowest BCUT2D eigenvalue weighted by Crippen LogP contribution is -2.04. The highest BCUT2D eigenvalue weighted by Crippen LogP contribution is 2.50. The number of methoxy groups -OCH3 is 6. The van der Waals surface area contributed by atoms with Crippen molar-refractivity contribution in [2.45, 2.75) is 0 Å². The van der Waals surface area contributed by atoms with Gasteiger partial charge in [-0.3, -0.25) is 0 Å². The summed E-state index contributed by atoms with van der Waals surface area (Å²) >= 11 is 0. The van der Waals surface area contributed by atoms with Crippen LogP contribution in [0, 0.1) is 0 Å². The quantitative estimate of drug-likeness (QED) is 0.0424. The molecule has 132 heavy (non-hydrogen) atoms. The molecule has 12 heteroatoms.